The molecule has 0 bridgehead atoms. The Morgan fingerprint density at radius 2 is 1.67 bits per heavy atom. The minimum Gasteiger partial charge on any atom is -0.0612 e. The van der Waals surface area contributed by atoms with Crippen LogP contribution in [0.1, 0.15) is 38.8 Å². The van der Waals surface area contributed by atoms with Gasteiger partial charge < -0.3 is 0 Å². The molecule has 0 fully saturated rings. The largest absolute Gasteiger partial charge is 0.0612 e. The Bertz CT molecular complexity index is 512. The van der Waals surface area contributed by atoms with E-state index in [-0.39, 0.29) is 5.41 Å². The summed E-state index contributed by atoms with van der Waals surface area (Å²) < 4.78 is 0. The van der Waals surface area contributed by atoms with Crippen molar-refractivity contribution in [1.29, 1.82) is 0 Å². The number of hydrogen-bond acceptors (Lipinski definition) is 0. The lowest BCUT2D eigenvalue weighted by Crippen LogP contribution is -2.10. The summed E-state index contributed by atoms with van der Waals surface area (Å²) in [5.74, 6) is 0. The van der Waals surface area contributed by atoms with Crippen LogP contribution in [-0.2, 0) is 11.8 Å². The first kappa shape index (κ1) is 12.9. The van der Waals surface area contributed by atoms with Gasteiger partial charge in [0.2, 0.25) is 0 Å². The van der Waals surface area contributed by atoms with E-state index in [1.54, 1.807) is 0 Å². The van der Waals surface area contributed by atoms with Crippen molar-refractivity contribution in [3.63, 3.8) is 0 Å². The van der Waals surface area contributed by atoms with Crippen LogP contribution in [0.15, 0.2) is 42.5 Å². The minimum atomic E-state index is 0.217. The molecule has 18 heavy (non-hydrogen) atoms. The first-order chi connectivity index (χ1) is 8.52. The number of benzene rings is 2. The molecule has 1 radical (unpaired) electrons. The third-order valence-electron chi connectivity index (χ3n) is 3.36. The molecule has 0 heteroatoms. The van der Waals surface area contributed by atoms with Gasteiger partial charge >= 0.3 is 0 Å². The van der Waals surface area contributed by atoms with Crippen LogP contribution >= 0.6 is 0 Å². The fourth-order valence-electron chi connectivity index (χ4n) is 2.18. The average Bonchev–Trinajstić information content (AvgIpc) is 2.38. The molecule has 0 aliphatic rings. The van der Waals surface area contributed by atoms with E-state index in [2.05, 4.69) is 70.2 Å². The Morgan fingerprint density at radius 3 is 2.22 bits per heavy atom. The van der Waals surface area contributed by atoms with Crippen molar-refractivity contribution in [2.45, 2.75) is 39.5 Å². The number of rotatable bonds is 2. The predicted octanol–water partition coefficient (Wildman–Crippen LogP) is 5.01. The molecule has 0 spiro atoms. The zero-order valence-electron chi connectivity index (χ0n) is 11.7. The van der Waals surface area contributed by atoms with Crippen LogP contribution in [0.3, 0.4) is 0 Å². The Balaban J connectivity index is 2.41. The molecule has 0 saturated carbocycles. The van der Waals surface area contributed by atoms with E-state index in [1.165, 1.54) is 22.3 Å². The molecule has 0 N–H and O–H groups in total. The molecule has 2 aromatic rings. The highest BCUT2D eigenvalue weighted by Crippen LogP contribution is 2.28. The first-order valence-corrected chi connectivity index (χ1v) is 6.63. The van der Waals surface area contributed by atoms with Gasteiger partial charge in [0.05, 0.1) is 0 Å². The Morgan fingerprint density at radius 1 is 1.00 bits per heavy atom. The van der Waals surface area contributed by atoms with Gasteiger partial charge in [0, 0.05) is 0 Å². The second kappa shape index (κ2) is 4.97. The number of hydrogen-bond donors (Lipinski definition) is 0. The third kappa shape index (κ3) is 2.64. The van der Waals surface area contributed by atoms with Crippen LogP contribution < -0.4 is 0 Å². The highest BCUT2D eigenvalue weighted by molar-refractivity contribution is 5.67. The first-order valence-electron chi connectivity index (χ1n) is 6.63. The molecule has 93 valence electrons. The fraction of sp³-hybridized carbons (Fsp3) is 0.333. The summed E-state index contributed by atoms with van der Waals surface area (Å²) in [6.45, 7) is 8.92. The summed E-state index contributed by atoms with van der Waals surface area (Å²) >= 11 is 0. The summed E-state index contributed by atoms with van der Waals surface area (Å²) in [5, 5.41) is 0. The molecule has 0 amide bonds. The maximum Gasteiger partial charge on any atom is -0.0132 e. The molecule has 0 heterocycles. The van der Waals surface area contributed by atoms with Gasteiger partial charge in [-0.05, 0) is 40.2 Å². The standard InChI is InChI=1S/C18H21/c1-5-14-8-6-7-9-17(14)15-10-12-16(13-11-15)18(2,3)4/h6-7,9-13H,5H2,1-4H3. The summed E-state index contributed by atoms with van der Waals surface area (Å²) in [6, 6.07) is 18.5. The highest BCUT2D eigenvalue weighted by atomic mass is 14.2. The summed E-state index contributed by atoms with van der Waals surface area (Å²) in [7, 11) is 0. The van der Waals surface area contributed by atoms with Gasteiger partial charge in [-0.1, -0.05) is 70.2 Å². The van der Waals surface area contributed by atoms with Crippen LogP contribution in [0.25, 0.3) is 11.1 Å². The molecule has 0 saturated heterocycles. The SMILES string of the molecule is CCc1[c]cccc1-c1ccc(C(C)(C)C)cc1. The van der Waals surface area contributed by atoms with Crippen molar-refractivity contribution in [1.82, 2.24) is 0 Å². The van der Waals surface area contributed by atoms with Gasteiger partial charge in [-0.15, -0.1) is 0 Å². The molecule has 2 aromatic carbocycles. The van der Waals surface area contributed by atoms with Crippen LogP contribution in [0, 0.1) is 6.07 Å². The van der Waals surface area contributed by atoms with Crippen LogP contribution in [0.5, 0.6) is 0 Å². The molecule has 0 unspecified atom stereocenters. The van der Waals surface area contributed by atoms with Gasteiger partial charge in [0.15, 0.2) is 0 Å². The van der Waals surface area contributed by atoms with E-state index in [4.69, 9.17) is 0 Å². The second-order valence-electron chi connectivity index (χ2n) is 5.74. The lowest BCUT2D eigenvalue weighted by Gasteiger charge is -2.19. The maximum absolute atomic E-state index is 3.33. The van der Waals surface area contributed by atoms with Gasteiger partial charge in [-0.2, -0.15) is 0 Å². The monoisotopic (exact) mass is 237 g/mol. The molecule has 0 nitrogen and oxygen atoms in total. The Labute approximate surface area is 111 Å². The zero-order valence-corrected chi connectivity index (χ0v) is 11.7. The van der Waals surface area contributed by atoms with Crippen molar-refractivity contribution >= 4 is 0 Å². The van der Waals surface area contributed by atoms with Crippen LogP contribution in [0.4, 0.5) is 0 Å². The molecule has 2 rings (SSSR count). The van der Waals surface area contributed by atoms with E-state index >= 15 is 0 Å². The van der Waals surface area contributed by atoms with Crippen molar-refractivity contribution in [3.8, 4) is 11.1 Å². The molecule has 0 aliphatic heterocycles. The van der Waals surface area contributed by atoms with Gasteiger partial charge in [0.1, 0.15) is 0 Å². The van der Waals surface area contributed by atoms with Crippen LogP contribution in [-0.4, -0.2) is 0 Å². The smallest absolute Gasteiger partial charge is 0.0132 e. The number of aryl methyl sites for hydroxylation is 1. The van der Waals surface area contributed by atoms with Crippen molar-refractivity contribution in [2.24, 2.45) is 0 Å². The second-order valence-corrected chi connectivity index (χ2v) is 5.74. The normalized spacial score (nSPS) is 11.6. The summed E-state index contributed by atoms with van der Waals surface area (Å²) in [5.41, 5.74) is 5.48. The van der Waals surface area contributed by atoms with E-state index in [1.807, 2.05) is 6.07 Å². The quantitative estimate of drug-likeness (QED) is 0.688. The minimum absolute atomic E-state index is 0.217. The van der Waals surface area contributed by atoms with E-state index in [0.29, 0.717) is 0 Å². The summed E-state index contributed by atoms with van der Waals surface area (Å²) in [4.78, 5) is 0. The van der Waals surface area contributed by atoms with E-state index < -0.39 is 0 Å². The van der Waals surface area contributed by atoms with E-state index in [0.717, 1.165) is 6.42 Å². The molecular formula is C18H21. The molecule has 0 atom stereocenters. The van der Waals surface area contributed by atoms with Crippen molar-refractivity contribution in [2.75, 3.05) is 0 Å². The van der Waals surface area contributed by atoms with Crippen LogP contribution in [0.2, 0.25) is 0 Å². The highest BCUT2D eigenvalue weighted by Gasteiger charge is 2.13. The van der Waals surface area contributed by atoms with Crippen molar-refractivity contribution in [3.05, 3.63) is 59.7 Å². The topological polar surface area (TPSA) is 0 Å². The van der Waals surface area contributed by atoms with Crippen molar-refractivity contribution < 1.29 is 0 Å². The van der Waals surface area contributed by atoms with Gasteiger partial charge in [-0.3, -0.25) is 0 Å². The Kier molecular flexibility index (Phi) is 3.56. The molecule has 0 aliphatic carbocycles. The van der Waals surface area contributed by atoms with Gasteiger partial charge in [-0.25, -0.2) is 0 Å². The lowest BCUT2D eigenvalue weighted by molar-refractivity contribution is 0.590. The van der Waals surface area contributed by atoms with E-state index in [9.17, 15) is 0 Å². The summed E-state index contributed by atoms with van der Waals surface area (Å²) in [6.07, 6.45) is 1.02. The predicted molar refractivity (Wildman–Crippen MR) is 78.8 cm³/mol. The maximum atomic E-state index is 3.33. The molecular weight excluding hydrogens is 216 g/mol. The average molecular weight is 237 g/mol. The fourth-order valence-corrected chi connectivity index (χ4v) is 2.18. The zero-order chi connectivity index (χ0) is 13.2. The lowest BCUT2D eigenvalue weighted by atomic mass is 9.86. The molecule has 0 aromatic heterocycles. The third-order valence-corrected chi connectivity index (χ3v) is 3.36. The Hall–Kier alpha value is -1.56. The van der Waals surface area contributed by atoms with Gasteiger partial charge in [0.25, 0.3) is 0 Å².